The molecule has 0 aromatic heterocycles. The topological polar surface area (TPSA) is 9.49 Å². The largest absolute Gasteiger partial charge is 0.304 e. The van der Waals surface area contributed by atoms with Crippen molar-refractivity contribution in [3.05, 3.63) is 24.4 Å². The molecular weight excluding hydrogens is 282 g/mol. The standard InChI is InChI=1S/C20H38N3/c1-9-22(10-2)12-11-18(3)19(4,5)17-20(6,7)23-15-13-21(8)14-16-23/h9,11-12H,3,10,13-17H2,1-2,4-8H3/q+1. The number of hydrogen-bond donors (Lipinski definition) is 0. The van der Waals surface area contributed by atoms with Crippen LogP contribution in [0, 0.1) is 5.41 Å². The molecule has 23 heavy (non-hydrogen) atoms. The zero-order chi connectivity index (χ0) is 17.7. The van der Waals surface area contributed by atoms with Gasteiger partial charge in [-0.1, -0.05) is 20.4 Å². The Kier molecular flexibility index (Phi) is 7.22. The minimum absolute atomic E-state index is 0.0938. The SMILES string of the molecule is C=C(C=C[N+](=CC)CC)C(C)(C)CC(C)(C)N1CCN(C)CC1. The molecule has 0 radical (unpaired) electrons. The fourth-order valence-electron chi connectivity index (χ4n) is 3.50. The Hall–Kier alpha value is -0.930. The van der Waals surface area contributed by atoms with Gasteiger partial charge >= 0.3 is 0 Å². The van der Waals surface area contributed by atoms with Gasteiger partial charge in [-0.25, -0.2) is 4.58 Å². The van der Waals surface area contributed by atoms with Crippen LogP contribution in [0.2, 0.25) is 0 Å². The molecule has 0 N–H and O–H groups in total. The normalized spacial score (nSPS) is 19.5. The summed E-state index contributed by atoms with van der Waals surface area (Å²) in [5.41, 5.74) is 1.50. The summed E-state index contributed by atoms with van der Waals surface area (Å²) in [6, 6.07) is 0. The maximum Gasteiger partial charge on any atom is 0.168 e. The fraction of sp³-hybridized carbons (Fsp3) is 0.750. The van der Waals surface area contributed by atoms with Crippen molar-refractivity contribution in [3.63, 3.8) is 0 Å². The van der Waals surface area contributed by atoms with Crippen LogP contribution in [0.25, 0.3) is 0 Å². The molecule has 0 spiro atoms. The Labute approximate surface area is 144 Å². The average Bonchev–Trinajstić information content (AvgIpc) is 2.47. The summed E-state index contributed by atoms with van der Waals surface area (Å²) in [7, 11) is 2.21. The van der Waals surface area contributed by atoms with Crippen molar-refractivity contribution < 1.29 is 4.58 Å². The van der Waals surface area contributed by atoms with Gasteiger partial charge < -0.3 is 4.90 Å². The van der Waals surface area contributed by atoms with Gasteiger partial charge in [0.15, 0.2) is 6.20 Å². The van der Waals surface area contributed by atoms with Crippen molar-refractivity contribution in [3.8, 4) is 0 Å². The van der Waals surface area contributed by atoms with E-state index in [-0.39, 0.29) is 11.0 Å². The number of allylic oxidation sites excluding steroid dienone is 2. The van der Waals surface area contributed by atoms with Gasteiger partial charge in [-0.3, -0.25) is 4.90 Å². The lowest BCUT2D eigenvalue weighted by Gasteiger charge is -2.46. The maximum atomic E-state index is 4.35. The molecule has 0 saturated carbocycles. The highest BCUT2D eigenvalue weighted by molar-refractivity contribution is 5.47. The van der Waals surface area contributed by atoms with E-state index in [9.17, 15) is 0 Å². The van der Waals surface area contributed by atoms with Crippen molar-refractivity contribution in [2.45, 2.75) is 53.5 Å². The van der Waals surface area contributed by atoms with Crippen molar-refractivity contribution in [2.24, 2.45) is 5.41 Å². The summed E-state index contributed by atoms with van der Waals surface area (Å²) < 4.78 is 2.19. The van der Waals surface area contributed by atoms with E-state index in [0.29, 0.717) is 0 Å². The summed E-state index contributed by atoms with van der Waals surface area (Å²) in [4.78, 5) is 5.06. The monoisotopic (exact) mass is 320 g/mol. The van der Waals surface area contributed by atoms with E-state index in [1.54, 1.807) is 0 Å². The molecule has 1 fully saturated rings. The first-order chi connectivity index (χ1) is 10.6. The smallest absolute Gasteiger partial charge is 0.168 e. The molecule has 1 rings (SSSR count). The van der Waals surface area contributed by atoms with E-state index in [1.807, 2.05) is 0 Å². The van der Waals surface area contributed by atoms with Crippen molar-refractivity contribution in [1.29, 1.82) is 0 Å². The lowest BCUT2D eigenvalue weighted by molar-refractivity contribution is -0.448. The molecule has 0 amide bonds. The molecule has 3 heteroatoms. The van der Waals surface area contributed by atoms with E-state index < -0.39 is 0 Å². The molecule has 3 nitrogen and oxygen atoms in total. The summed E-state index contributed by atoms with van der Waals surface area (Å²) in [6.07, 6.45) is 7.55. The van der Waals surface area contributed by atoms with Gasteiger partial charge in [-0.15, -0.1) is 0 Å². The molecule has 0 aliphatic carbocycles. The van der Waals surface area contributed by atoms with E-state index in [2.05, 4.69) is 88.0 Å². The van der Waals surface area contributed by atoms with Crippen molar-refractivity contribution in [2.75, 3.05) is 39.8 Å². The molecule has 0 atom stereocenters. The molecule has 1 aliphatic heterocycles. The van der Waals surface area contributed by atoms with Crippen molar-refractivity contribution >= 4 is 6.21 Å². The first-order valence-corrected chi connectivity index (χ1v) is 8.99. The number of rotatable bonds is 7. The minimum atomic E-state index is 0.0938. The molecule has 1 saturated heterocycles. The first-order valence-electron chi connectivity index (χ1n) is 8.99. The van der Waals surface area contributed by atoms with Crippen LogP contribution in [-0.4, -0.2) is 65.9 Å². The van der Waals surface area contributed by atoms with Crippen LogP contribution in [-0.2, 0) is 0 Å². The van der Waals surface area contributed by atoms with Crippen LogP contribution in [0.1, 0.15) is 48.0 Å². The summed E-state index contributed by atoms with van der Waals surface area (Å²) >= 11 is 0. The highest BCUT2D eigenvalue weighted by Gasteiger charge is 2.35. The molecular formula is C20H38N3+. The van der Waals surface area contributed by atoms with Gasteiger partial charge in [0.1, 0.15) is 12.8 Å². The Morgan fingerprint density at radius 3 is 2.17 bits per heavy atom. The van der Waals surface area contributed by atoms with Gasteiger partial charge in [-0.05, 0) is 45.2 Å². The van der Waals surface area contributed by atoms with E-state index in [4.69, 9.17) is 0 Å². The number of likely N-dealkylation sites (N-methyl/N-ethyl adjacent to an activating group) is 1. The molecule has 1 aliphatic rings. The second-order valence-corrected chi connectivity index (χ2v) is 8.09. The third kappa shape index (κ3) is 5.89. The predicted octanol–water partition coefficient (Wildman–Crippen LogP) is 3.62. The summed E-state index contributed by atoms with van der Waals surface area (Å²) in [6.45, 7) is 23.7. The fourth-order valence-corrected chi connectivity index (χ4v) is 3.50. The third-order valence-corrected chi connectivity index (χ3v) is 5.27. The van der Waals surface area contributed by atoms with E-state index in [0.717, 1.165) is 26.1 Å². The molecule has 0 aromatic carbocycles. The maximum absolute atomic E-state index is 4.35. The van der Waals surface area contributed by atoms with E-state index >= 15 is 0 Å². The second-order valence-electron chi connectivity index (χ2n) is 8.09. The van der Waals surface area contributed by atoms with Crippen LogP contribution in [0.15, 0.2) is 24.4 Å². The molecule has 132 valence electrons. The highest BCUT2D eigenvalue weighted by Crippen LogP contribution is 2.37. The van der Waals surface area contributed by atoms with Gasteiger partial charge in [0.05, 0.1) is 0 Å². The molecule has 1 heterocycles. The van der Waals surface area contributed by atoms with Crippen molar-refractivity contribution in [1.82, 2.24) is 9.80 Å². The predicted molar refractivity (Wildman–Crippen MR) is 102 cm³/mol. The van der Waals surface area contributed by atoms with Crippen LogP contribution < -0.4 is 0 Å². The second kappa shape index (κ2) is 8.25. The van der Waals surface area contributed by atoms with Gasteiger partial charge in [-0.2, -0.15) is 0 Å². The summed E-state index contributed by atoms with van der Waals surface area (Å²) in [5, 5.41) is 0. The van der Waals surface area contributed by atoms with Crippen LogP contribution >= 0.6 is 0 Å². The zero-order valence-electron chi connectivity index (χ0n) is 16.5. The Morgan fingerprint density at radius 1 is 1.13 bits per heavy atom. The molecule has 0 aromatic rings. The Morgan fingerprint density at radius 2 is 1.70 bits per heavy atom. The van der Waals surface area contributed by atoms with Crippen LogP contribution in [0.5, 0.6) is 0 Å². The summed E-state index contributed by atoms with van der Waals surface area (Å²) in [5.74, 6) is 0. The quantitative estimate of drug-likeness (QED) is 0.403. The first kappa shape index (κ1) is 20.1. The van der Waals surface area contributed by atoms with Gasteiger partial charge in [0.2, 0.25) is 0 Å². The van der Waals surface area contributed by atoms with Crippen LogP contribution in [0.3, 0.4) is 0 Å². The van der Waals surface area contributed by atoms with Gasteiger partial charge in [0.25, 0.3) is 0 Å². The number of hydrogen-bond acceptors (Lipinski definition) is 2. The third-order valence-electron chi connectivity index (χ3n) is 5.27. The number of piperazine rings is 1. The molecule has 0 bridgehead atoms. The molecule has 0 unspecified atom stereocenters. The lowest BCUT2D eigenvalue weighted by Crippen LogP contribution is -2.55. The highest BCUT2D eigenvalue weighted by atomic mass is 15.3. The Bertz CT molecular complexity index is 450. The van der Waals surface area contributed by atoms with Crippen LogP contribution in [0.4, 0.5) is 0 Å². The minimum Gasteiger partial charge on any atom is -0.304 e. The average molecular weight is 321 g/mol. The lowest BCUT2D eigenvalue weighted by atomic mass is 9.74. The number of nitrogens with zero attached hydrogens (tertiary/aromatic N) is 3. The zero-order valence-corrected chi connectivity index (χ0v) is 16.5. The van der Waals surface area contributed by atoms with E-state index in [1.165, 1.54) is 18.7 Å². The van der Waals surface area contributed by atoms with Gasteiger partial charge in [0, 0.05) is 44.7 Å². The Balaban J connectivity index is 2.73.